The predicted octanol–water partition coefficient (Wildman–Crippen LogP) is 6.70. The second-order valence-corrected chi connectivity index (χ2v) is 9.31. The van der Waals surface area contributed by atoms with Crippen molar-refractivity contribution in [3.8, 4) is 0 Å². The second-order valence-electron chi connectivity index (χ2n) is 9.31. The summed E-state index contributed by atoms with van der Waals surface area (Å²) in [6, 6.07) is 15.3. The van der Waals surface area contributed by atoms with Gasteiger partial charge in [-0.1, -0.05) is 78.6 Å². The second kappa shape index (κ2) is 7.86. The first-order chi connectivity index (χ1) is 9.82. The average molecular weight is 354 g/mol. The van der Waals surface area contributed by atoms with Crippen LogP contribution in [0.3, 0.4) is 0 Å². The molecule has 130 valence electrons. The summed E-state index contributed by atoms with van der Waals surface area (Å²) >= 11 is 0. The summed E-state index contributed by atoms with van der Waals surface area (Å²) in [5, 5.41) is 0. The molecule has 0 aliphatic rings. The van der Waals surface area contributed by atoms with Crippen LogP contribution in [0.25, 0.3) is 0 Å². The first-order valence-corrected chi connectivity index (χ1v) is 8.32. The maximum Gasteiger partial charge on any atom is 2.00 e. The first kappa shape index (κ1) is 22.2. The minimum absolute atomic E-state index is 0. The van der Waals surface area contributed by atoms with Crippen LogP contribution >= 0.6 is 0 Å². The molecule has 0 fully saturated rings. The summed E-state index contributed by atoms with van der Waals surface area (Å²) < 4.78 is 0. The Morgan fingerprint density at radius 1 is 0.652 bits per heavy atom. The average Bonchev–Trinajstić information content (AvgIpc) is 2.99. The van der Waals surface area contributed by atoms with Crippen molar-refractivity contribution in [3.63, 3.8) is 0 Å². The van der Waals surface area contributed by atoms with Crippen LogP contribution in [-0.4, -0.2) is 0 Å². The van der Waals surface area contributed by atoms with E-state index in [0.29, 0.717) is 5.41 Å². The molecule has 0 nitrogen and oxygen atoms in total. The number of rotatable bonds is 0. The Bertz CT molecular complexity index is 520. The molecule has 0 aliphatic carbocycles. The molecule has 0 spiro atoms. The van der Waals surface area contributed by atoms with Gasteiger partial charge in [0, 0.05) is 0 Å². The van der Waals surface area contributed by atoms with Crippen LogP contribution in [-0.2, 0) is 33.3 Å². The molecule has 0 unspecified atom stereocenters. The molecular formula is C22H34Fe. The fraction of sp³-hybridized carbons (Fsp3) is 0.545. The Hall–Kier alpha value is -0.781. The van der Waals surface area contributed by atoms with Crippen LogP contribution < -0.4 is 0 Å². The van der Waals surface area contributed by atoms with Gasteiger partial charge in [0.15, 0.2) is 0 Å². The monoisotopic (exact) mass is 354 g/mol. The minimum atomic E-state index is 0. The Kier molecular flexibility index (Phi) is 7.59. The van der Waals surface area contributed by atoms with E-state index in [0.717, 1.165) is 0 Å². The summed E-state index contributed by atoms with van der Waals surface area (Å²) in [6.45, 7) is 20.2. The van der Waals surface area contributed by atoms with E-state index in [1.807, 2.05) is 0 Å². The maximum atomic E-state index is 2.33. The van der Waals surface area contributed by atoms with E-state index in [9.17, 15) is 0 Å². The molecule has 0 saturated heterocycles. The Balaban J connectivity index is 0.000000427. The van der Waals surface area contributed by atoms with Gasteiger partial charge in [0.25, 0.3) is 0 Å². The molecule has 0 aliphatic heterocycles. The van der Waals surface area contributed by atoms with Crippen molar-refractivity contribution >= 4 is 0 Å². The zero-order chi connectivity index (χ0) is 17.2. The van der Waals surface area contributed by atoms with Crippen molar-refractivity contribution in [1.29, 1.82) is 0 Å². The largest absolute Gasteiger partial charge is 2.00 e. The van der Waals surface area contributed by atoms with Crippen LogP contribution in [0.4, 0.5) is 0 Å². The van der Waals surface area contributed by atoms with Crippen molar-refractivity contribution in [1.82, 2.24) is 0 Å². The van der Waals surface area contributed by atoms with Gasteiger partial charge in [-0.05, 0) is 0 Å². The van der Waals surface area contributed by atoms with Crippen LogP contribution in [0.2, 0.25) is 0 Å². The Morgan fingerprint density at radius 2 is 1.09 bits per heavy atom. The van der Waals surface area contributed by atoms with Gasteiger partial charge >= 0.3 is 17.1 Å². The Labute approximate surface area is 154 Å². The third-order valence-corrected chi connectivity index (χ3v) is 4.01. The van der Waals surface area contributed by atoms with Crippen LogP contribution in [0.15, 0.2) is 42.5 Å². The smallest absolute Gasteiger partial charge is 0.213 e. The first-order valence-electron chi connectivity index (χ1n) is 8.32. The fourth-order valence-corrected chi connectivity index (χ4v) is 2.25. The summed E-state index contributed by atoms with van der Waals surface area (Å²) in [6.07, 6.45) is 0. The topological polar surface area (TPSA) is 0 Å². The summed E-state index contributed by atoms with van der Waals surface area (Å²) in [5.74, 6) is 0. The van der Waals surface area contributed by atoms with E-state index in [1.54, 1.807) is 0 Å². The minimum Gasteiger partial charge on any atom is -0.213 e. The molecule has 0 amide bonds. The quantitative estimate of drug-likeness (QED) is 0.365. The predicted molar refractivity (Wildman–Crippen MR) is 100 cm³/mol. The van der Waals surface area contributed by atoms with Gasteiger partial charge in [-0.25, -0.2) is 18.2 Å². The molecule has 23 heavy (non-hydrogen) atoms. The molecular weight excluding hydrogens is 320 g/mol. The molecule has 0 atom stereocenters. The Morgan fingerprint density at radius 3 is 1.30 bits per heavy atom. The van der Waals surface area contributed by atoms with Gasteiger partial charge in [-0.2, -0.15) is 41.0 Å². The molecule has 2 aromatic carbocycles. The van der Waals surface area contributed by atoms with E-state index in [4.69, 9.17) is 0 Å². The van der Waals surface area contributed by atoms with Gasteiger partial charge in [-0.15, -0.1) is 0 Å². The van der Waals surface area contributed by atoms with Crippen molar-refractivity contribution in [2.24, 2.45) is 0 Å². The SMILES string of the molecule is CC(C)(C)[c-]1cccc1.CC(C)(C)c1cc[c-](C(C)(C)C)c1.[Fe+2]. The van der Waals surface area contributed by atoms with Crippen molar-refractivity contribution in [3.05, 3.63) is 59.2 Å². The molecule has 0 saturated carbocycles. The zero-order valence-electron chi connectivity index (χ0n) is 16.4. The van der Waals surface area contributed by atoms with E-state index in [1.165, 1.54) is 16.7 Å². The van der Waals surface area contributed by atoms with Gasteiger partial charge in [0.1, 0.15) is 0 Å². The van der Waals surface area contributed by atoms with E-state index in [2.05, 4.69) is 105 Å². The summed E-state index contributed by atoms with van der Waals surface area (Å²) in [7, 11) is 0. The van der Waals surface area contributed by atoms with Crippen LogP contribution in [0.5, 0.6) is 0 Å². The third kappa shape index (κ3) is 7.10. The normalized spacial score (nSPS) is 12.2. The van der Waals surface area contributed by atoms with Crippen molar-refractivity contribution < 1.29 is 17.1 Å². The molecule has 1 heteroatoms. The van der Waals surface area contributed by atoms with Gasteiger partial charge in [0.05, 0.1) is 0 Å². The van der Waals surface area contributed by atoms with E-state index in [-0.39, 0.29) is 27.9 Å². The molecule has 0 aromatic heterocycles. The molecule has 2 rings (SSSR count). The number of hydrogen-bond acceptors (Lipinski definition) is 0. The standard InChI is InChI=1S/C13H21.C9H13.Fe/c1-12(2,3)10-7-8-11(9-10)13(4,5)6;1-9(2,3)8-6-4-5-7-8;/h7-9H,1-6H3;4-7H,1-3H3;/q2*-1;+2. The number of hydrogen-bond donors (Lipinski definition) is 0. The third-order valence-electron chi connectivity index (χ3n) is 4.01. The van der Waals surface area contributed by atoms with Crippen molar-refractivity contribution in [2.45, 2.75) is 78.6 Å². The fourth-order valence-electron chi connectivity index (χ4n) is 2.25. The van der Waals surface area contributed by atoms with Crippen LogP contribution in [0, 0.1) is 0 Å². The summed E-state index contributed by atoms with van der Waals surface area (Å²) in [4.78, 5) is 0. The molecule has 0 N–H and O–H groups in total. The van der Waals surface area contributed by atoms with Crippen LogP contribution in [0.1, 0.15) is 79.0 Å². The summed E-state index contributed by atoms with van der Waals surface area (Å²) in [5.41, 5.74) is 5.19. The molecule has 0 heterocycles. The van der Waals surface area contributed by atoms with Gasteiger partial charge in [-0.3, -0.25) is 0 Å². The van der Waals surface area contributed by atoms with Gasteiger partial charge < -0.3 is 0 Å². The maximum absolute atomic E-state index is 2.33. The van der Waals surface area contributed by atoms with E-state index < -0.39 is 0 Å². The zero-order valence-corrected chi connectivity index (χ0v) is 17.5. The van der Waals surface area contributed by atoms with Gasteiger partial charge in [0.2, 0.25) is 0 Å². The molecule has 2 aromatic rings. The molecule has 0 radical (unpaired) electrons. The van der Waals surface area contributed by atoms with E-state index >= 15 is 0 Å². The molecule has 0 bridgehead atoms. The van der Waals surface area contributed by atoms with Crippen molar-refractivity contribution in [2.75, 3.05) is 0 Å².